The molecular formula is C14H10N2OS. The summed E-state index contributed by atoms with van der Waals surface area (Å²) < 4.78 is 1.44. The summed E-state index contributed by atoms with van der Waals surface area (Å²) in [5.41, 5.74) is 1.87. The number of benzene rings is 1. The summed E-state index contributed by atoms with van der Waals surface area (Å²) in [5.74, 6) is 0. The van der Waals surface area contributed by atoms with Crippen LogP contribution in [0.1, 0.15) is 6.92 Å². The molecule has 1 heterocycles. The van der Waals surface area contributed by atoms with Gasteiger partial charge in [0, 0.05) is 5.56 Å². The minimum atomic E-state index is 0.0743. The number of nitriles is 1. The molecule has 2 aromatic rings. The summed E-state index contributed by atoms with van der Waals surface area (Å²) in [5, 5.41) is 8.86. The Hall–Kier alpha value is -2.25. The van der Waals surface area contributed by atoms with Gasteiger partial charge >= 0.3 is 0 Å². The molecule has 0 N–H and O–H groups in total. The molecule has 0 saturated carbocycles. The third-order valence-electron chi connectivity index (χ3n) is 2.43. The number of thiazole rings is 1. The maximum Gasteiger partial charge on any atom is 0.163 e. The molecule has 4 heteroatoms. The number of aldehydes is 1. The lowest BCUT2D eigenvalue weighted by Crippen LogP contribution is -2.03. The number of hydrogen-bond acceptors (Lipinski definition) is 4. The lowest BCUT2D eigenvalue weighted by atomic mass is 10.1. The molecule has 0 atom stereocenters. The molecule has 2 rings (SSSR count). The van der Waals surface area contributed by atoms with Crippen molar-refractivity contribution in [2.24, 2.45) is 0 Å². The fourth-order valence-corrected chi connectivity index (χ4v) is 2.50. The Kier molecular flexibility index (Phi) is 3.66. The Morgan fingerprint density at radius 1 is 1.39 bits per heavy atom. The highest BCUT2D eigenvalue weighted by molar-refractivity contribution is 7.08. The fourth-order valence-electron chi connectivity index (χ4n) is 1.57. The molecule has 0 radical (unpaired) electrons. The van der Waals surface area contributed by atoms with Crippen LogP contribution < -0.4 is 9.20 Å². The first kappa shape index (κ1) is 12.2. The molecule has 0 amide bonds. The van der Waals surface area contributed by atoms with Gasteiger partial charge in [-0.1, -0.05) is 36.4 Å². The number of carbonyl (C=O) groups is 1. The lowest BCUT2D eigenvalue weighted by molar-refractivity contribution is -0.103. The predicted molar refractivity (Wildman–Crippen MR) is 72.0 cm³/mol. The van der Waals surface area contributed by atoms with Crippen LogP contribution in [0.25, 0.3) is 22.9 Å². The maximum atomic E-state index is 10.8. The third kappa shape index (κ3) is 2.22. The second-order valence-electron chi connectivity index (χ2n) is 3.53. The van der Waals surface area contributed by atoms with E-state index < -0.39 is 0 Å². The van der Waals surface area contributed by atoms with Gasteiger partial charge in [0.2, 0.25) is 0 Å². The molecule has 0 aliphatic carbocycles. The Morgan fingerprint density at radius 2 is 2.11 bits per heavy atom. The molecule has 0 saturated heterocycles. The van der Waals surface area contributed by atoms with Crippen LogP contribution in [0, 0.1) is 11.3 Å². The van der Waals surface area contributed by atoms with E-state index in [2.05, 4.69) is 4.98 Å². The Morgan fingerprint density at radius 3 is 2.67 bits per heavy atom. The number of hydrogen-bond donors (Lipinski definition) is 0. The van der Waals surface area contributed by atoms with Crippen LogP contribution in [-0.4, -0.2) is 11.3 Å². The second-order valence-corrected chi connectivity index (χ2v) is 4.56. The molecule has 88 valence electrons. The van der Waals surface area contributed by atoms with E-state index in [1.807, 2.05) is 49.4 Å². The van der Waals surface area contributed by atoms with Crippen molar-refractivity contribution in [3.05, 3.63) is 39.5 Å². The monoisotopic (exact) mass is 254 g/mol. The van der Waals surface area contributed by atoms with Gasteiger partial charge in [-0.25, -0.2) is 4.98 Å². The van der Waals surface area contributed by atoms with Crippen LogP contribution >= 0.6 is 11.3 Å². The van der Waals surface area contributed by atoms with Gasteiger partial charge in [0.25, 0.3) is 0 Å². The van der Waals surface area contributed by atoms with Crippen molar-refractivity contribution in [3.8, 4) is 17.3 Å². The van der Waals surface area contributed by atoms with Gasteiger partial charge in [0.1, 0.15) is 16.3 Å². The zero-order chi connectivity index (χ0) is 13.0. The number of carbonyl (C=O) groups excluding carboxylic acids is 1. The molecule has 0 bridgehead atoms. The van der Waals surface area contributed by atoms with E-state index in [0.717, 1.165) is 15.8 Å². The molecule has 0 fully saturated rings. The van der Waals surface area contributed by atoms with Gasteiger partial charge in [-0.15, -0.1) is 11.3 Å². The van der Waals surface area contributed by atoms with Crippen molar-refractivity contribution in [1.82, 2.24) is 4.98 Å². The third-order valence-corrected chi connectivity index (χ3v) is 3.59. The van der Waals surface area contributed by atoms with Crippen LogP contribution in [0.3, 0.4) is 0 Å². The van der Waals surface area contributed by atoms with E-state index in [9.17, 15) is 4.79 Å². The molecule has 0 spiro atoms. The first-order valence-electron chi connectivity index (χ1n) is 5.38. The molecule has 3 nitrogen and oxygen atoms in total. The molecular weight excluding hydrogens is 244 g/mol. The largest absolute Gasteiger partial charge is 0.297 e. The molecule has 0 aliphatic heterocycles. The van der Waals surface area contributed by atoms with E-state index in [1.165, 1.54) is 11.3 Å². The van der Waals surface area contributed by atoms with Crippen LogP contribution in [0.4, 0.5) is 0 Å². The smallest absolute Gasteiger partial charge is 0.163 e. The van der Waals surface area contributed by atoms with Crippen LogP contribution in [0.2, 0.25) is 0 Å². The van der Waals surface area contributed by atoms with Crippen molar-refractivity contribution in [3.63, 3.8) is 0 Å². The average Bonchev–Trinajstić information content (AvgIpc) is 2.85. The zero-order valence-corrected chi connectivity index (χ0v) is 10.6. The number of rotatable bonds is 2. The Labute approximate surface area is 108 Å². The highest BCUT2D eigenvalue weighted by atomic mass is 32.1. The van der Waals surface area contributed by atoms with Gasteiger partial charge in [-0.05, 0) is 6.92 Å². The van der Waals surface area contributed by atoms with Gasteiger partial charge in [-0.3, -0.25) is 4.79 Å². The van der Waals surface area contributed by atoms with E-state index in [-0.39, 0.29) is 5.57 Å². The topological polar surface area (TPSA) is 53.8 Å². The number of nitrogens with zero attached hydrogens (tertiary/aromatic N) is 2. The Bertz CT molecular complexity index is 723. The SMILES string of the molecule is C/C=c1\s/c(=C(/C#N)C=O)nc1-c1ccccc1. The van der Waals surface area contributed by atoms with Gasteiger partial charge in [-0.2, -0.15) is 5.26 Å². The minimum Gasteiger partial charge on any atom is -0.297 e. The Balaban J connectivity index is 2.76. The van der Waals surface area contributed by atoms with Crippen molar-refractivity contribution >= 4 is 29.3 Å². The van der Waals surface area contributed by atoms with Crippen LogP contribution in [0.5, 0.6) is 0 Å². The summed E-state index contributed by atoms with van der Waals surface area (Å²) in [6.07, 6.45) is 2.48. The van der Waals surface area contributed by atoms with E-state index >= 15 is 0 Å². The van der Waals surface area contributed by atoms with Gasteiger partial charge in [0.15, 0.2) is 6.29 Å². The van der Waals surface area contributed by atoms with Crippen molar-refractivity contribution in [1.29, 1.82) is 5.26 Å². The van der Waals surface area contributed by atoms with Gasteiger partial charge < -0.3 is 0 Å². The molecule has 1 aromatic carbocycles. The highest BCUT2D eigenvalue weighted by Gasteiger charge is 2.06. The quantitative estimate of drug-likeness (QED) is 0.763. The van der Waals surface area contributed by atoms with E-state index in [1.54, 1.807) is 0 Å². The average molecular weight is 254 g/mol. The first-order valence-corrected chi connectivity index (χ1v) is 6.20. The summed E-state index contributed by atoms with van der Waals surface area (Å²) in [4.78, 5) is 15.2. The minimum absolute atomic E-state index is 0.0743. The molecule has 0 unspecified atom stereocenters. The molecule has 1 aromatic heterocycles. The first-order chi connectivity index (χ1) is 8.80. The fraction of sp³-hybridized carbons (Fsp3) is 0.0714. The molecule has 18 heavy (non-hydrogen) atoms. The maximum absolute atomic E-state index is 10.8. The zero-order valence-electron chi connectivity index (χ0n) is 9.75. The summed E-state index contributed by atoms with van der Waals surface area (Å²) >= 11 is 1.35. The molecule has 0 aliphatic rings. The van der Waals surface area contributed by atoms with Crippen LogP contribution in [-0.2, 0) is 4.79 Å². The van der Waals surface area contributed by atoms with E-state index in [4.69, 9.17) is 5.26 Å². The number of aromatic nitrogens is 1. The van der Waals surface area contributed by atoms with Crippen LogP contribution in [0.15, 0.2) is 30.3 Å². The summed E-state index contributed by atoms with van der Waals surface area (Å²) in [6.45, 7) is 1.91. The van der Waals surface area contributed by atoms with Crippen molar-refractivity contribution < 1.29 is 4.79 Å². The van der Waals surface area contributed by atoms with Gasteiger partial charge in [0.05, 0.1) is 10.2 Å². The normalized spacial score (nSPS) is 13.0. The van der Waals surface area contributed by atoms with E-state index in [0.29, 0.717) is 10.9 Å². The predicted octanol–water partition coefficient (Wildman–Crippen LogP) is 1.48. The highest BCUT2D eigenvalue weighted by Crippen LogP contribution is 2.12. The van der Waals surface area contributed by atoms with Crippen molar-refractivity contribution in [2.75, 3.05) is 0 Å². The van der Waals surface area contributed by atoms with Crippen molar-refractivity contribution in [2.45, 2.75) is 6.92 Å². The summed E-state index contributed by atoms with van der Waals surface area (Å²) in [6, 6.07) is 11.6. The summed E-state index contributed by atoms with van der Waals surface area (Å²) in [7, 11) is 0. The second kappa shape index (κ2) is 5.39. The standard InChI is InChI=1S/C14H10N2OS/c1-2-12-13(10-6-4-3-5-7-10)16-14(18-12)11(8-15)9-17/h2-7,9H,1H3/b12-2-,14-11-. The lowest BCUT2D eigenvalue weighted by Gasteiger charge is -1.94.